The lowest BCUT2D eigenvalue weighted by molar-refractivity contribution is 0.221. The summed E-state index contributed by atoms with van der Waals surface area (Å²) in [4.78, 5) is 0. The van der Waals surface area contributed by atoms with Crippen molar-refractivity contribution in [2.24, 2.45) is 0 Å². The van der Waals surface area contributed by atoms with Crippen molar-refractivity contribution in [1.82, 2.24) is 5.32 Å². The molecule has 1 aromatic carbocycles. The van der Waals surface area contributed by atoms with Crippen LogP contribution in [-0.4, -0.2) is 19.7 Å². The van der Waals surface area contributed by atoms with Gasteiger partial charge in [-0.05, 0) is 32.2 Å². The number of hydrogen-bond donors (Lipinski definition) is 1. The van der Waals surface area contributed by atoms with E-state index in [1.807, 2.05) is 14.0 Å². The van der Waals surface area contributed by atoms with Crippen molar-refractivity contribution in [3.05, 3.63) is 28.2 Å². The van der Waals surface area contributed by atoms with Gasteiger partial charge in [0.2, 0.25) is 0 Å². The molecule has 0 saturated heterocycles. The summed E-state index contributed by atoms with van der Waals surface area (Å²) in [6.45, 7) is 2.75. The van der Waals surface area contributed by atoms with Gasteiger partial charge in [0.1, 0.15) is 11.9 Å². The minimum atomic E-state index is 0.0821. The largest absolute Gasteiger partial charge is 0.488 e. The number of benzene rings is 1. The Morgan fingerprint density at radius 1 is 1.43 bits per heavy atom. The Kier molecular flexibility index (Phi) is 4.52. The molecule has 1 atom stereocenters. The molecule has 0 aromatic heterocycles. The van der Waals surface area contributed by atoms with Gasteiger partial charge < -0.3 is 10.1 Å². The fourth-order valence-electron chi connectivity index (χ4n) is 1.12. The van der Waals surface area contributed by atoms with E-state index in [1.165, 1.54) is 0 Å². The average molecular weight is 234 g/mol. The predicted octanol–water partition coefficient (Wildman–Crippen LogP) is 2.98. The molecular weight excluding hydrogens is 221 g/mol. The molecule has 0 aliphatic rings. The van der Waals surface area contributed by atoms with E-state index in [4.69, 9.17) is 27.9 Å². The molecule has 0 amide bonds. The third kappa shape index (κ3) is 3.37. The number of rotatable bonds is 4. The van der Waals surface area contributed by atoms with Gasteiger partial charge in [0.05, 0.1) is 5.02 Å². The molecule has 0 saturated carbocycles. The summed E-state index contributed by atoms with van der Waals surface area (Å²) in [6, 6.07) is 5.20. The van der Waals surface area contributed by atoms with Crippen molar-refractivity contribution in [1.29, 1.82) is 0 Å². The maximum absolute atomic E-state index is 5.94. The van der Waals surface area contributed by atoms with Crippen LogP contribution in [0, 0.1) is 0 Å². The first-order chi connectivity index (χ1) is 6.63. The van der Waals surface area contributed by atoms with Crippen LogP contribution in [-0.2, 0) is 0 Å². The number of halogens is 2. The number of hydrogen-bond acceptors (Lipinski definition) is 2. The summed E-state index contributed by atoms with van der Waals surface area (Å²) < 4.78 is 5.59. The van der Waals surface area contributed by atoms with Crippen LogP contribution in [0.1, 0.15) is 6.92 Å². The Morgan fingerprint density at radius 2 is 2.14 bits per heavy atom. The molecule has 2 nitrogen and oxygen atoms in total. The maximum atomic E-state index is 5.94. The summed E-state index contributed by atoms with van der Waals surface area (Å²) in [5.74, 6) is 0.666. The van der Waals surface area contributed by atoms with Crippen molar-refractivity contribution >= 4 is 23.2 Å². The van der Waals surface area contributed by atoms with Crippen molar-refractivity contribution in [2.45, 2.75) is 13.0 Å². The number of nitrogens with one attached hydrogen (secondary N) is 1. The van der Waals surface area contributed by atoms with Gasteiger partial charge in [0, 0.05) is 11.6 Å². The van der Waals surface area contributed by atoms with Crippen LogP contribution < -0.4 is 10.1 Å². The molecule has 1 aromatic rings. The quantitative estimate of drug-likeness (QED) is 0.864. The highest BCUT2D eigenvalue weighted by molar-refractivity contribution is 6.35. The van der Waals surface area contributed by atoms with E-state index in [9.17, 15) is 0 Å². The molecule has 0 aliphatic heterocycles. The first-order valence-corrected chi connectivity index (χ1v) is 5.15. The van der Waals surface area contributed by atoms with Crippen LogP contribution in [0.15, 0.2) is 18.2 Å². The number of ether oxygens (including phenoxy) is 1. The summed E-state index contributed by atoms with van der Waals surface area (Å²) in [7, 11) is 1.88. The molecule has 0 heterocycles. The zero-order valence-electron chi connectivity index (χ0n) is 8.18. The Balaban J connectivity index is 2.67. The fourth-order valence-corrected chi connectivity index (χ4v) is 1.57. The monoisotopic (exact) mass is 233 g/mol. The Bertz CT molecular complexity index is 304. The van der Waals surface area contributed by atoms with Gasteiger partial charge in [-0.1, -0.05) is 23.2 Å². The third-order valence-corrected chi connectivity index (χ3v) is 2.24. The lowest BCUT2D eigenvalue weighted by atomic mass is 10.3. The maximum Gasteiger partial charge on any atom is 0.138 e. The van der Waals surface area contributed by atoms with E-state index in [0.717, 1.165) is 6.54 Å². The number of likely N-dealkylation sites (N-methyl/N-ethyl adjacent to an activating group) is 1. The highest BCUT2D eigenvalue weighted by Crippen LogP contribution is 2.28. The highest BCUT2D eigenvalue weighted by atomic mass is 35.5. The van der Waals surface area contributed by atoms with Gasteiger partial charge >= 0.3 is 0 Å². The molecule has 4 heteroatoms. The van der Waals surface area contributed by atoms with Gasteiger partial charge in [-0.15, -0.1) is 0 Å². The second kappa shape index (κ2) is 5.44. The summed E-state index contributed by atoms with van der Waals surface area (Å²) in [5.41, 5.74) is 0. The van der Waals surface area contributed by atoms with Crippen LogP contribution >= 0.6 is 23.2 Å². The first kappa shape index (κ1) is 11.6. The summed E-state index contributed by atoms with van der Waals surface area (Å²) in [5, 5.41) is 4.18. The van der Waals surface area contributed by atoms with Crippen LogP contribution in [0.2, 0.25) is 10.0 Å². The fraction of sp³-hybridized carbons (Fsp3) is 0.400. The molecule has 1 unspecified atom stereocenters. The normalized spacial score (nSPS) is 12.6. The average Bonchev–Trinajstić information content (AvgIpc) is 2.10. The van der Waals surface area contributed by atoms with Crippen molar-refractivity contribution < 1.29 is 4.74 Å². The molecule has 0 aliphatic carbocycles. The third-order valence-electron chi connectivity index (χ3n) is 1.71. The molecule has 78 valence electrons. The first-order valence-electron chi connectivity index (χ1n) is 4.39. The van der Waals surface area contributed by atoms with E-state index >= 15 is 0 Å². The lowest BCUT2D eigenvalue weighted by Crippen LogP contribution is -2.26. The van der Waals surface area contributed by atoms with Gasteiger partial charge in [-0.2, -0.15) is 0 Å². The molecule has 1 rings (SSSR count). The molecule has 0 fully saturated rings. The smallest absolute Gasteiger partial charge is 0.138 e. The standard InChI is InChI=1S/C10H13Cl2NO/c1-7(6-13-2)14-10-4-3-8(11)5-9(10)12/h3-5,7,13H,6H2,1-2H3. The van der Waals surface area contributed by atoms with Crippen LogP contribution in [0.4, 0.5) is 0 Å². The minimum absolute atomic E-state index is 0.0821. The van der Waals surface area contributed by atoms with E-state index in [2.05, 4.69) is 5.32 Å². The van der Waals surface area contributed by atoms with Crippen LogP contribution in [0.3, 0.4) is 0 Å². The van der Waals surface area contributed by atoms with Gasteiger partial charge in [0.15, 0.2) is 0 Å². The van der Waals surface area contributed by atoms with Gasteiger partial charge in [-0.25, -0.2) is 0 Å². The second-order valence-electron chi connectivity index (χ2n) is 3.06. The Labute approximate surface area is 94.2 Å². The van der Waals surface area contributed by atoms with Gasteiger partial charge in [-0.3, -0.25) is 0 Å². The Morgan fingerprint density at radius 3 is 2.71 bits per heavy atom. The lowest BCUT2D eigenvalue weighted by Gasteiger charge is -2.15. The summed E-state index contributed by atoms with van der Waals surface area (Å²) in [6.07, 6.45) is 0.0821. The molecule has 14 heavy (non-hydrogen) atoms. The van der Waals surface area contributed by atoms with E-state index < -0.39 is 0 Å². The van der Waals surface area contributed by atoms with E-state index in [-0.39, 0.29) is 6.10 Å². The minimum Gasteiger partial charge on any atom is -0.488 e. The summed E-state index contributed by atoms with van der Waals surface area (Å²) >= 11 is 11.7. The van der Waals surface area contributed by atoms with Crippen molar-refractivity contribution in [3.8, 4) is 5.75 Å². The van der Waals surface area contributed by atoms with Crippen molar-refractivity contribution in [3.63, 3.8) is 0 Å². The highest BCUT2D eigenvalue weighted by Gasteiger charge is 2.06. The zero-order valence-corrected chi connectivity index (χ0v) is 9.69. The van der Waals surface area contributed by atoms with Crippen molar-refractivity contribution in [2.75, 3.05) is 13.6 Å². The molecule has 0 radical (unpaired) electrons. The van der Waals surface area contributed by atoms with Crippen LogP contribution in [0.25, 0.3) is 0 Å². The Hall–Kier alpha value is -0.440. The van der Waals surface area contributed by atoms with Gasteiger partial charge in [0.25, 0.3) is 0 Å². The predicted molar refractivity (Wildman–Crippen MR) is 60.5 cm³/mol. The molecular formula is C10H13Cl2NO. The second-order valence-corrected chi connectivity index (χ2v) is 3.90. The SMILES string of the molecule is CNCC(C)Oc1ccc(Cl)cc1Cl. The van der Waals surface area contributed by atoms with E-state index in [0.29, 0.717) is 15.8 Å². The molecule has 0 spiro atoms. The molecule has 0 bridgehead atoms. The van der Waals surface area contributed by atoms with E-state index in [1.54, 1.807) is 18.2 Å². The zero-order chi connectivity index (χ0) is 10.6. The topological polar surface area (TPSA) is 21.3 Å². The van der Waals surface area contributed by atoms with Crippen LogP contribution in [0.5, 0.6) is 5.75 Å². The molecule has 1 N–H and O–H groups in total.